The van der Waals surface area contributed by atoms with E-state index in [1.54, 1.807) is 13.8 Å². The van der Waals surface area contributed by atoms with Gasteiger partial charge in [0.05, 0.1) is 11.1 Å². The maximum atomic E-state index is 13.4. The topological polar surface area (TPSA) is 30.2 Å². The molecule has 0 saturated carbocycles. The molecule has 2 nitrogen and oxygen atoms in total. The fraction of sp³-hybridized carbons (Fsp3) is 0.214. The second-order valence-electron chi connectivity index (χ2n) is 4.35. The van der Waals surface area contributed by atoms with Crippen molar-refractivity contribution in [2.45, 2.75) is 20.0 Å². The highest BCUT2D eigenvalue weighted by Gasteiger charge is 2.34. The van der Waals surface area contributed by atoms with Crippen LogP contribution in [0.25, 0.3) is 0 Å². The van der Waals surface area contributed by atoms with Gasteiger partial charge in [-0.1, -0.05) is 6.07 Å². The predicted octanol–water partition coefficient (Wildman–Crippen LogP) is 4.29. The van der Waals surface area contributed by atoms with Crippen molar-refractivity contribution in [1.82, 2.24) is 0 Å². The van der Waals surface area contributed by atoms with Gasteiger partial charge in [0.2, 0.25) is 0 Å². The van der Waals surface area contributed by atoms with Gasteiger partial charge in [-0.15, -0.1) is 0 Å². The van der Waals surface area contributed by atoms with Crippen molar-refractivity contribution in [3.8, 4) is 0 Å². The van der Waals surface area contributed by atoms with E-state index < -0.39 is 23.3 Å². The number of aryl methyl sites for hydroxylation is 2. The summed E-state index contributed by atoms with van der Waals surface area (Å²) in [7, 11) is 0. The van der Waals surface area contributed by atoms with Crippen LogP contribution in [0.2, 0.25) is 0 Å². The Morgan fingerprint density at radius 2 is 1.80 bits per heavy atom. The molecule has 106 valence electrons. The molecule has 0 bridgehead atoms. The Balaban J connectivity index is 2.42. The lowest BCUT2D eigenvalue weighted by Gasteiger charge is -2.08. The Morgan fingerprint density at radius 1 is 1.15 bits per heavy atom. The molecule has 2 aromatic rings. The maximum absolute atomic E-state index is 13.4. The minimum Gasteiger partial charge on any atom is -0.466 e. The zero-order valence-corrected chi connectivity index (χ0v) is 10.6. The molecule has 20 heavy (non-hydrogen) atoms. The van der Waals surface area contributed by atoms with Crippen LogP contribution in [0.1, 0.15) is 33.0 Å². The Hall–Kier alpha value is -2.11. The summed E-state index contributed by atoms with van der Waals surface area (Å²) in [6.07, 6.45) is -4.78. The van der Waals surface area contributed by atoms with E-state index in [-0.39, 0.29) is 11.1 Å². The first-order valence-electron chi connectivity index (χ1n) is 5.68. The molecule has 0 aliphatic rings. The molecule has 1 aromatic carbocycles. The molecule has 0 spiro atoms. The van der Waals surface area contributed by atoms with Gasteiger partial charge in [0, 0.05) is 5.56 Å². The lowest BCUT2D eigenvalue weighted by molar-refractivity contribution is -0.140. The van der Waals surface area contributed by atoms with E-state index >= 15 is 0 Å². The van der Waals surface area contributed by atoms with Gasteiger partial charge >= 0.3 is 6.18 Å². The number of rotatable bonds is 2. The summed E-state index contributed by atoms with van der Waals surface area (Å²) in [5.74, 6) is -1.21. The molecule has 1 aromatic heterocycles. The molecule has 2 rings (SSSR count). The SMILES string of the molecule is Cc1cc(C(=O)c2ccc(C(F)(F)F)c(F)c2)c(C)o1. The lowest BCUT2D eigenvalue weighted by Crippen LogP contribution is -2.10. The van der Waals surface area contributed by atoms with Crippen LogP contribution in [0.4, 0.5) is 17.6 Å². The highest BCUT2D eigenvalue weighted by Crippen LogP contribution is 2.32. The van der Waals surface area contributed by atoms with Gasteiger partial charge < -0.3 is 4.42 Å². The number of halogens is 4. The lowest BCUT2D eigenvalue weighted by atomic mass is 10.0. The Morgan fingerprint density at radius 3 is 2.25 bits per heavy atom. The van der Waals surface area contributed by atoms with E-state index in [1.807, 2.05) is 0 Å². The maximum Gasteiger partial charge on any atom is 0.419 e. The Labute approximate surface area is 112 Å². The number of hydrogen-bond donors (Lipinski definition) is 0. The summed E-state index contributed by atoms with van der Waals surface area (Å²) < 4.78 is 55.9. The van der Waals surface area contributed by atoms with E-state index in [2.05, 4.69) is 0 Å². The summed E-state index contributed by atoms with van der Waals surface area (Å²) in [5, 5.41) is 0. The highest BCUT2D eigenvalue weighted by atomic mass is 19.4. The van der Waals surface area contributed by atoms with Crippen molar-refractivity contribution in [3.05, 3.63) is 58.3 Å². The van der Waals surface area contributed by atoms with E-state index in [0.717, 1.165) is 6.07 Å². The first kappa shape index (κ1) is 14.3. The third-order valence-corrected chi connectivity index (χ3v) is 2.82. The van der Waals surface area contributed by atoms with E-state index in [0.29, 0.717) is 23.7 Å². The van der Waals surface area contributed by atoms with Gasteiger partial charge in [0.1, 0.15) is 17.3 Å². The normalized spacial score (nSPS) is 11.7. The van der Waals surface area contributed by atoms with Crippen LogP contribution in [-0.2, 0) is 6.18 Å². The predicted molar refractivity (Wildman–Crippen MR) is 63.0 cm³/mol. The van der Waals surface area contributed by atoms with Gasteiger partial charge in [-0.25, -0.2) is 4.39 Å². The van der Waals surface area contributed by atoms with Crippen LogP contribution in [0.5, 0.6) is 0 Å². The summed E-state index contributed by atoms with van der Waals surface area (Å²) in [4.78, 5) is 12.1. The van der Waals surface area contributed by atoms with Crippen molar-refractivity contribution in [2.75, 3.05) is 0 Å². The number of carbonyl (C=O) groups excluding carboxylic acids is 1. The molecule has 0 unspecified atom stereocenters. The number of carbonyl (C=O) groups is 1. The molecule has 1 heterocycles. The second-order valence-corrected chi connectivity index (χ2v) is 4.35. The summed E-state index contributed by atoms with van der Waals surface area (Å²) in [6.45, 7) is 3.19. The quantitative estimate of drug-likeness (QED) is 0.609. The fourth-order valence-electron chi connectivity index (χ4n) is 1.90. The summed E-state index contributed by atoms with van der Waals surface area (Å²) >= 11 is 0. The van der Waals surface area contributed by atoms with Crippen LogP contribution in [0.15, 0.2) is 28.7 Å². The number of benzene rings is 1. The zero-order chi connectivity index (χ0) is 15.1. The van der Waals surface area contributed by atoms with E-state index in [9.17, 15) is 22.4 Å². The van der Waals surface area contributed by atoms with Gasteiger partial charge in [-0.2, -0.15) is 13.2 Å². The largest absolute Gasteiger partial charge is 0.466 e. The highest BCUT2D eigenvalue weighted by molar-refractivity contribution is 6.09. The van der Waals surface area contributed by atoms with Crippen molar-refractivity contribution in [1.29, 1.82) is 0 Å². The van der Waals surface area contributed by atoms with Crippen molar-refractivity contribution in [3.63, 3.8) is 0 Å². The van der Waals surface area contributed by atoms with Gasteiger partial charge in [0.25, 0.3) is 0 Å². The van der Waals surface area contributed by atoms with Gasteiger partial charge in [-0.05, 0) is 32.0 Å². The van der Waals surface area contributed by atoms with Crippen LogP contribution >= 0.6 is 0 Å². The first-order valence-corrected chi connectivity index (χ1v) is 5.68. The zero-order valence-electron chi connectivity index (χ0n) is 10.6. The molecule has 0 amide bonds. The monoisotopic (exact) mass is 286 g/mol. The molecule has 0 radical (unpaired) electrons. The molecular formula is C14H10F4O2. The molecule has 6 heteroatoms. The second kappa shape index (κ2) is 4.77. The minimum atomic E-state index is -4.78. The molecular weight excluding hydrogens is 276 g/mol. The first-order chi connectivity index (χ1) is 9.20. The van der Waals surface area contributed by atoms with Gasteiger partial charge in [-0.3, -0.25) is 4.79 Å². The Kier molecular flexibility index (Phi) is 3.41. The number of alkyl halides is 3. The van der Waals surface area contributed by atoms with Gasteiger partial charge in [0.15, 0.2) is 5.78 Å². The van der Waals surface area contributed by atoms with Crippen LogP contribution in [-0.4, -0.2) is 5.78 Å². The van der Waals surface area contributed by atoms with E-state index in [4.69, 9.17) is 4.42 Å². The molecule has 0 aliphatic carbocycles. The molecule has 0 N–H and O–H groups in total. The van der Waals surface area contributed by atoms with Crippen LogP contribution in [0, 0.1) is 19.7 Å². The molecule has 0 atom stereocenters. The third-order valence-electron chi connectivity index (χ3n) is 2.82. The fourth-order valence-corrected chi connectivity index (χ4v) is 1.90. The standard InChI is InChI=1S/C14H10F4O2/c1-7-5-10(8(2)20-7)13(19)9-3-4-11(12(15)6-9)14(16,17)18/h3-6H,1-2H3. The number of furan rings is 1. The summed E-state index contributed by atoms with van der Waals surface area (Å²) in [6, 6.07) is 3.57. The van der Waals surface area contributed by atoms with Crippen molar-refractivity contribution >= 4 is 5.78 Å². The number of ketones is 1. The average molecular weight is 286 g/mol. The average Bonchev–Trinajstić information content (AvgIpc) is 2.65. The smallest absolute Gasteiger partial charge is 0.419 e. The van der Waals surface area contributed by atoms with Crippen LogP contribution < -0.4 is 0 Å². The molecule has 0 fully saturated rings. The Bertz CT molecular complexity index is 668. The van der Waals surface area contributed by atoms with Crippen molar-refractivity contribution < 1.29 is 26.8 Å². The molecule has 0 aliphatic heterocycles. The van der Waals surface area contributed by atoms with Crippen molar-refractivity contribution in [2.24, 2.45) is 0 Å². The van der Waals surface area contributed by atoms with E-state index in [1.165, 1.54) is 6.07 Å². The number of hydrogen-bond acceptors (Lipinski definition) is 2. The van der Waals surface area contributed by atoms with Crippen LogP contribution in [0.3, 0.4) is 0 Å². The summed E-state index contributed by atoms with van der Waals surface area (Å²) in [5.41, 5.74) is -1.34. The molecule has 0 saturated heterocycles. The third kappa shape index (κ3) is 2.59. The minimum absolute atomic E-state index is 0.153.